The average molecular weight is 284 g/mol. The molecule has 0 aliphatic heterocycles. The molecule has 1 aliphatic rings. The number of hydrogen-bond donors (Lipinski definition) is 1. The lowest BCUT2D eigenvalue weighted by Gasteiger charge is -2.38. The van der Waals surface area contributed by atoms with E-state index in [1.807, 2.05) is 5.38 Å². The highest BCUT2D eigenvalue weighted by molar-refractivity contribution is 7.10. The van der Waals surface area contributed by atoms with Gasteiger partial charge in [-0.05, 0) is 24.8 Å². The van der Waals surface area contributed by atoms with Gasteiger partial charge in [0.15, 0.2) is 0 Å². The number of rotatable bonds is 3. The second-order valence-electron chi connectivity index (χ2n) is 5.21. The van der Waals surface area contributed by atoms with Crippen molar-refractivity contribution in [1.29, 1.82) is 5.26 Å². The highest BCUT2D eigenvalue weighted by Crippen LogP contribution is 2.49. The molecule has 4 heteroatoms. The summed E-state index contributed by atoms with van der Waals surface area (Å²) in [4.78, 5) is 0.818. The fourth-order valence-corrected chi connectivity index (χ4v) is 4.11. The second-order valence-corrected chi connectivity index (χ2v) is 6.59. The van der Waals surface area contributed by atoms with Crippen molar-refractivity contribution in [3.05, 3.63) is 21.3 Å². The molecule has 1 fully saturated rings. The van der Waals surface area contributed by atoms with Crippen molar-refractivity contribution < 1.29 is 5.11 Å². The molecule has 2 nitrogen and oxygen atoms in total. The molecule has 1 heterocycles. The predicted molar refractivity (Wildman–Crippen MR) is 74.6 cm³/mol. The average Bonchev–Trinajstić information content (AvgIpc) is 2.84. The van der Waals surface area contributed by atoms with E-state index >= 15 is 0 Å². The molecule has 3 unspecified atom stereocenters. The number of hydrogen-bond acceptors (Lipinski definition) is 3. The lowest BCUT2D eigenvalue weighted by atomic mass is 9.66. The molecule has 0 spiro atoms. The van der Waals surface area contributed by atoms with Gasteiger partial charge in [-0.3, -0.25) is 0 Å². The summed E-state index contributed by atoms with van der Waals surface area (Å²) in [6.45, 7) is 2.16. The minimum Gasteiger partial charge on any atom is -0.386 e. The van der Waals surface area contributed by atoms with E-state index in [-0.39, 0.29) is 0 Å². The van der Waals surface area contributed by atoms with Crippen LogP contribution in [0, 0.1) is 22.7 Å². The zero-order chi connectivity index (χ0) is 13.2. The van der Waals surface area contributed by atoms with Crippen LogP contribution < -0.4 is 0 Å². The van der Waals surface area contributed by atoms with Crippen LogP contribution in [-0.2, 0) is 0 Å². The number of nitrogens with zero attached hydrogens (tertiary/aromatic N) is 1. The Kier molecular flexibility index (Phi) is 4.32. The summed E-state index contributed by atoms with van der Waals surface area (Å²) in [5.74, 6) is 0.559. The minimum absolute atomic E-state index is 0.559. The molecule has 1 aliphatic carbocycles. The van der Waals surface area contributed by atoms with Gasteiger partial charge in [0.1, 0.15) is 6.10 Å². The van der Waals surface area contributed by atoms with Crippen LogP contribution in [0.2, 0.25) is 5.02 Å². The van der Waals surface area contributed by atoms with Crippen LogP contribution in [-0.4, -0.2) is 5.11 Å². The van der Waals surface area contributed by atoms with Crippen molar-refractivity contribution in [3.8, 4) is 6.07 Å². The Balaban J connectivity index is 2.24. The van der Waals surface area contributed by atoms with Gasteiger partial charge >= 0.3 is 0 Å². The third-order valence-corrected chi connectivity index (χ3v) is 5.40. The molecule has 0 radical (unpaired) electrons. The van der Waals surface area contributed by atoms with Gasteiger partial charge in [-0.1, -0.05) is 37.8 Å². The van der Waals surface area contributed by atoms with E-state index in [0.717, 1.165) is 30.6 Å². The van der Waals surface area contributed by atoms with Gasteiger partial charge in [0, 0.05) is 10.3 Å². The third kappa shape index (κ3) is 2.56. The fraction of sp³-hybridized carbons (Fsp3) is 0.643. The van der Waals surface area contributed by atoms with Crippen molar-refractivity contribution in [2.75, 3.05) is 0 Å². The molecular weight excluding hydrogens is 266 g/mol. The van der Waals surface area contributed by atoms with Crippen LogP contribution in [0.15, 0.2) is 11.4 Å². The van der Waals surface area contributed by atoms with Crippen molar-refractivity contribution in [3.63, 3.8) is 0 Å². The number of aliphatic hydroxyl groups excluding tert-OH is 1. The molecule has 1 saturated carbocycles. The number of halogens is 1. The Morgan fingerprint density at radius 3 is 3.06 bits per heavy atom. The number of nitriles is 1. The van der Waals surface area contributed by atoms with Crippen LogP contribution in [0.5, 0.6) is 0 Å². The van der Waals surface area contributed by atoms with Gasteiger partial charge < -0.3 is 5.11 Å². The molecule has 1 aromatic heterocycles. The maximum absolute atomic E-state index is 10.6. The summed E-state index contributed by atoms with van der Waals surface area (Å²) < 4.78 is 0. The Bertz CT molecular complexity index is 453. The molecule has 0 bridgehead atoms. The lowest BCUT2D eigenvalue weighted by molar-refractivity contribution is 0.0209. The van der Waals surface area contributed by atoms with Crippen LogP contribution in [0.1, 0.15) is 50.0 Å². The summed E-state index contributed by atoms with van der Waals surface area (Å²) in [7, 11) is 0. The largest absolute Gasteiger partial charge is 0.386 e. The van der Waals surface area contributed by atoms with E-state index in [9.17, 15) is 10.4 Å². The Hall–Kier alpha value is -0.560. The number of thiophene rings is 1. The van der Waals surface area contributed by atoms with Crippen molar-refractivity contribution in [2.24, 2.45) is 11.3 Å². The molecule has 1 aromatic rings. The zero-order valence-electron chi connectivity index (χ0n) is 10.5. The SMILES string of the molecule is CCC1CCCC(C#N)(C(O)c2cc(Cl)cs2)C1. The van der Waals surface area contributed by atoms with Crippen molar-refractivity contribution in [1.82, 2.24) is 0 Å². The molecule has 98 valence electrons. The van der Waals surface area contributed by atoms with Gasteiger partial charge in [0.05, 0.1) is 16.5 Å². The molecule has 2 rings (SSSR count). The first-order valence-corrected chi connectivity index (χ1v) is 7.70. The van der Waals surface area contributed by atoms with Gasteiger partial charge in [-0.15, -0.1) is 11.3 Å². The number of aliphatic hydroxyl groups is 1. The second kappa shape index (κ2) is 5.61. The molecule has 0 aromatic carbocycles. The van der Waals surface area contributed by atoms with E-state index in [0.29, 0.717) is 10.9 Å². The first kappa shape index (κ1) is 13.9. The molecule has 18 heavy (non-hydrogen) atoms. The highest BCUT2D eigenvalue weighted by Gasteiger charge is 2.43. The van der Waals surface area contributed by atoms with Gasteiger partial charge in [-0.2, -0.15) is 5.26 Å². The fourth-order valence-electron chi connectivity index (χ4n) is 2.93. The van der Waals surface area contributed by atoms with E-state index in [1.54, 1.807) is 6.07 Å². The Labute approximate surface area is 117 Å². The summed E-state index contributed by atoms with van der Waals surface area (Å²) in [6.07, 6.45) is 4.18. The van der Waals surface area contributed by atoms with Gasteiger partial charge in [0.2, 0.25) is 0 Å². The van der Waals surface area contributed by atoms with Gasteiger partial charge in [-0.25, -0.2) is 0 Å². The molecular formula is C14H18ClNOS. The van der Waals surface area contributed by atoms with Crippen LogP contribution in [0.3, 0.4) is 0 Å². The van der Waals surface area contributed by atoms with Crippen molar-refractivity contribution >= 4 is 22.9 Å². The smallest absolute Gasteiger partial charge is 0.107 e. The Morgan fingerprint density at radius 1 is 1.72 bits per heavy atom. The molecule has 0 amide bonds. The van der Waals surface area contributed by atoms with Crippen LogP contribution >= 0.6 is 22.9 Å². The standard InChI is InChI=1S/C14H18ClNOS/c1-2-10-4-3-5-14(7-10,9-16)13(17)12-6-11(15)8-18-12/h6,8,10,13,17H,2-5,7H2,1H3. The van der Waals surface area contributed by atoms with E-state index in [4.69, 9.17) is 11.6 Å². The summed E-state index contributed by atoms with van der Waals surface area (Å²) in [6, 6.07) is 4.19. The van der Waals surface area contributed by atoms with E-state index < -0.39 is 11.5 Å². The first-order chi connectivity index (χ1) is 8.61. The summed E-state index contributed by atoms with van der Waals surface area (Å²) in [5.41, 5.74) is -0.618. The lowest BCUT2D eigenvalue weighted by Crippen LogP contribution is -2.33. The zero-order valence-corrected chi connectivity index (χ0v) is 12.1. The van der Waals surface area contributed by atoms with E-state index in [1.165, 1.54) is 17.8 Å². The highest BCUT2D eigenvalue weighted by atomic mass is 35.5. The van der Waals surface area contributed by atoms with Gasteiger partial charge in [0.25, 0.3) is 0 Å². The van der Waals surface area contributed by atoms with Crippen LogP contribution in [0.25, 0.3) is 0 Å². The molecule has 3 atom stereocenters. The molecule has 1 N–H and O–H groups in total. The maximum Gasteiger partial charge on any atom is 0.107 e. The molecule has 0 saturated heterocycles. The summed E-state index contributed by atoms with van der Waals surface area (Å²) in [5, 5.41) is 22.6. The quantitative estimate of drug-likeness (QED) is 0.885. The maximum atomic E-state index is 10.6. The van der Waals surface area contributed by atoms with E-state index in [2.05, 4.69) is 13.0 Å². The Morgan fingerprint density at radius 2 is 2.50 bits per heavy atom. The summed E-state index contributed by atoms with van der Waals surface area (Å²) >= 11 is 7.35. The normalized spacial score (nSPS) is 29.8. The van der Waals surface area contributed by atoms with Crippen LogP contribution in [0.4, 0.5) is 0 Å². The third-order valence-electron chi connectivity index (χ3n) is 4.07. The minimum atomic E-state index is -0.700. The topological polar surface area (TPSA) is 44.0 Å². The van der Waals surface area contributed by atoms with Crippen molar-refractivity contribution in [2.45, 2.75) is 45.1 Å². The predicted octanol–water partition coefficient (Wildman–Crippen LogP) is 4.55. The monoisotopic (exact) mass is 283 g/mol. The first-order valence-electron chi connectivity index (χ1n) is 6.44.